The molecule has 8 heteroatoms. The number of urea groups is 1. The van der Waals surface area contributed by atoms with E-state index in [1.807, 2.05) is 5.32 Å². The number of piperidine rings is 1. The SMILES string of the molecule is NC(=S)C1CCN(C(=O)NCC(F)(F)F)CC1. The van der Waals surface area contributed by atoms with E-state index in [-0.39, 0.29) is 5.92 Å². The van der Waals surface area contributed by atoms with Gasteiger partial charge in [-0.15, -0.1) is 0 Å². The van der Waals surface area contributed by atoms with Crippen molar-refractivity contribution >= 4 is 23.2 Å². The van der Waals surface area contributed by atoms with Crippen LogP contribution in [0.1, 0.15) is 12.8 Å². The van der Waals surface area contributed by atoms with Crippen LogP contribution < -0.4 is 11.1 Å². The molecule has 98 valence electrons. The molecule has 0 aliphatic carbocycles. The minimum Gasteiger partial charge on any atom is -0.393 e. The highest BCUT2D eigenvalue weighted by molar-refractivity contribution is 7.80. The highest BCUT2D eigenvalue weighted by Crippen LogP contribution is 2.18. The first-order valence-corrected chi connectivity index (χ1v) is 5.59. The number of thiocarbonyl (C=S) groups is 1. The molecule has 3 N–H and O–H groups in total. The summed E-state index contributed by atoms with van der Waals surface area (Å²) in [6.07, 6.45) is -3.17. The number of halogens is 3. The molecule has 0 spiro atoms. The molecular weight excluding hydrogens is 255 g/mol. The molecule has 0 aromatic rings. The molecule has 0 aromatic carbocycles. The van der Waals surface area contributed by atoms with Crippen LogP contribution in [0.5, 0.6) is 0 Å². The minimum absolute atomic E-state index is 0.0802. The van der Waals surface area contributed by atoms with E-state index in [1.165, 1.54) is 4.90 Å². The first-order chi connectivity index (χ1) is 7.79. The average Bonchev–Trinajstić information content (AvgIpc) is 2.25. The molecule has 1 saturated heterocycles. The monoisotopic (exact) mass is 269 g/mol. The molecule has 1 heterocycles. The second-order valence-corrected chi connectivity index (χ2v) is 4.41. The number of carbonyl (C=O) groups excluding carboxylic acids is 1. The summed E-state index contributed by atoms with van der Waals surface area (Å²) in [4.78, 5) is 13.1. The van der Waals surface area contributed by atoms with Crippen molar-refractivity contribution in [3.05, 3.63) is 0 Å². The normalized spacial score (nSPS) is 17.9. The maximum absolute atomic E-state index is 11.9. The van der Waals surface area contributed by atoms with E-state index in [4.69, 9.17) is 18.0 Å². The van der Waals surface area contributed by atoms with E-state index in [0.717, 1.165) is 0 Å². The predicted molar refractivity (Wildman–Crippen MR) is 60.5 cm³/mol. The molecule has 0 saturated carbocycles. The zero-order chi connectivity index (χ0) is 13.1. The zero-order valence-corrected chi connectivity index (χ0v) is 9.90. The Labute approximate surface area is 102 Å². The van der Waals surface area contributed by atoms with E-state index in [2.05, 4.69) is 0 Å². The fourth-order valence-electron chi connectivity index (χ4n) is 1.65. The number of nitrogens with one attached hydrogen (secondary N) is 1. The number of rotatable bonds is 2. The average molecular weight is 269 g/mol. The van der Waals surface area contributed by atoms with Crippen LogP contribution in [0.25, 0.3) is 0 Å². The van der Waals surface area contributed by atoms with Crippen LogP contribution >= 0.6 is 12.2 Å². The quantitative estimate of drug-likeness (QED) is 0.742. The molecule has 1 fully saturated rings. The Bertz CT molecular complexity index is 300. The first kappa shape index (κ1) is 14.0. The number of hydrogen-bond donors (Lipinski definition) is 2. The maximum Gasteiger partial charge on any atom is 0.405 e. The van der Waals surface area contributed by atoms with Gasteiger partial charge in [-0.1, -0.05) is 12.2 Å². The van der Waals surface area contributed by atoms with Crippen LogP contribution in [0.15, 0.2) is 0 Å². The summed E-state index contributed by atoms with van der Waals surface area (Å²) >= 11 is 4.83. The lowest BCUT2D eigenvalue weighted by molar-refractivity contribution is -0.123. The summed E-state index contributed by atoms with van der Waals surface area (Å²) in [5.41, 5.74) is 5.47. The lowest BCUT2D eigenvalue weighted by Gasteiger charge is -2.31. The standard InChI is InChI=1S/C9H14F3N3OS/c10-9(11,12)5-14-8(16)15-3-1-6(2-4-15)7(13)17/h6H,1-5H2,(H2,13,17)(H,14,16). The molecule has 0 atom stereocenters. The number of amides is 2. The number of likely N-dealkylation sites (tertiary alicyclic amines) is 1. The molecule has 4 nitrogen and oxygen atoms in total. The minimum atomic E-state index is -4.38. The van der Waals surface area contributed by atoms with E-state index in [1.54, 1.807) is 0 Å². The van der Waals surface area contributed by atoms with Gasteiger partial charge in [0.2, 0.25) is 0 Å². The Hall–Kier alpha value is -1.05. The van der Waals surface area contributed by atoms with Gasteiger partial charge in [0, 0.05) is 19.0 Å². The number of nitrogens with zero attached hydrogens (tertiary/aromatic N) is 1. The lowest BCUT2D eigenvalue weighted by Crippen LogP contribution is -2.48. The summed E-state index contributed by atoms with van der Waals surface area (Å²) in [6.45, 7) is -0.543. The molecular formula is C9H14F3N3OS. The van der Waals surface area contributed by atoms with Crippen LogP contribution in [-0.4, -0.2) is 41.7 Å². The van der Waals surface area contributed by atoms with Gasteiger partial charge in [-0.2, -0.15) is 13.2 Å². The second kappa shape index (κ2) is 5.52. The third-order valence-electron chi connectivity index (χ3n) is 2.62. The molecule has 1 aliphatic rings. The smallest absolute Gasteiger partial charge is 0.393 e. The summed E-state index contributed by atoms with van der Waals surface area (Å²) in [7, 11) is 0. The van der Waals surface area contributed by atoms with Gasteiger partial charge in [0.05, 0.1) is 4.99 Å². The molecule has 2 amide bonds. The van der Waals surface area contributed by atoms with Gasteiger partial charge in [0.15, 0.2) is 0 Å². The van der Waals surface area contributed by atoms with Crippen molar-refractivity contribution in [2.45, 2.75) is 19.0 Å². The summed E-state index contributed by atoms with van der Waals surface area (Å²) in [5.74, 6) is 0.0802. The van der Waals surface area contributed by atoms with Crippen LogP contribution in [0.2, 0.25) is 0 Å². The lowest BCUT2D eigenvalue weighted by atomic mass is 9.97. The topological polar surface area (TPSA) is 58.4 Å². The van der Waals surface area contributed by atoms with Gasteiger partial charge in [0.1, 0.15) is 6.54 Å². The number of hydrogen-bond acceptors (Lipinski definition) is 2. The van der Waals surface area contributed by atoms with E-state index in [9.17, 15) is 18.0 Å². The number of alkyl halides is 3. The molecule has 0 radical (unpaired) electrons. The molecule has 0 unspecified atom stereocenters. The second-order valence-electron chi connectivity index (χ2n) is 3.94. The Morgan fingerprint density at radius 2 is 1.94 bits per heavy atom. The van der Waals surface area contributed by atoms with Crippen molar-refractivity contribution in [1.82, 2.24) is 10.2 Å². The number of carbonyl (C=O) groups is 1. The highest BCUT2D eigenvalue weighted by Gasteiger charge is 2.30. The highest BCUT2D eigenvalue weighted by atomic mass is 32.1. The third kappa shape index (κ3) is 4.76. The fourth-order valence-corrected chi connectivity index (χ4v) is 1.89. The number of nitrogens with two attached hydrogens (primary N) is 1. The Kier molecular flexibility index (Phi) is 4.55. The van der Waals surface area contributed by atoms with Crippen molar-refractivity contribution in [3.63, 3.8) is 0 Å². The van der Waals surface area contributed by atoms with Crippen molar-refractivity contribution in [2.24, 2.45) is 11.7 Å². The molecule has 17 heavy (non-hydrogen) atoms. The first-order valence-electron chi connectivity index (χ1n) is 5.18. The van der Waals surface area contributed by atoms with Crippen LogP contribution in [0.4, 0.5) is 18.0 Å². The molecule has 1 aliphatic heterocycles. The third-order valence-corrected chi connectivity index (χ3v) is 2.96. The van der Waals surface area contributed by atoms with Crippen molar-refractivity contribution in [2.75, 3.05) is 19.6 Å². The van der Waals surface area contributed by atoms with Gasteiger partial charge < -0.3 is 16.0 Å². The van der Waals surface area contributed by atoms with Gasteiger partial charge in [0.25, 0.3) is 0 Å². The van der Waals surface area contributed by atoms with Crippen molar-refractivity contribution in [1.29, 1.82) is 0 Å². The summed E-state index contributed by atoms with van der Waals surface area (Å²) < 4.78 is 35.7. The maximum atomic E-state index is 11.9. The Morgan fingerprint density at radius 3 is 2.35 bits per heavy atom. The van der Waals surface area contributed by atoms with Crippen LogP contribution in [0.3, 0.4) is 0 Å². The predicted octanol–water partition coefficient (Wildman–Crippen LogP) is 1.26. The van der Waals surface area contributed by atoms with E-state index in [0.29, 0.717) is 30.9 Å². The van der Waals surface area contributed by atoms with Crippen LogP contribution in [0, 0.1) is 5.92 Å². The largest absolute Gasteiger partial charge is 0.405 e. The van der Waals surface area contributed by atoms with Crippen LogP contribution in [-0.2, 0) is 0 Å². The summed E-state index contributed by atoms with van der Waals surface area (Å²) in [5, 5.41) is 1.83. The van der Waals surface area contributed by atoms with E-state index < -0.39 is 18.8 Å². The van der Waals surface area contributed by atoms with Gasteiger partial charge >= 0.3 is 12.2 Å². The summed E-state index contributed by atoms with van der Waals surface area (Å²) in [6, 6.07) is -0.691. The van der Waals surface area contributed by atoms with Gasteiger partial charge in [-0.05, 0) is 12.8 Å². The fraction of sp³-hybridized carbons (Fsp3) is 0.778. The van der Waals surface area contributed by atoms with Gasteiger partial charge in [-0.3, -0.25) is 0 Å². The molecule has 0 aromatic heterocycles. The Balaban J connectivity index is 2.33. The molecule has 1 rings (SSSR count). The van der Waals surface area contributed by atoms with Crippen molar-refractivity contribution < 1.29 is 18.0 Å². The van der Waals surface area contributed by atoms with Gasteiger partial charge in [-0.25, -0.2) is 4.79 Å². The van der Waals surface area contributed by atoms with E-state index >= 15 is 0 Å². The zero-order valence-electron chi connectivity index (χ0n) is 9.09. The molecule has 0 bridgehead atoms. The van der Waals surface area contributed by atoms with Crippen molar-refractivity contribution in [3.8, 4) is 0 Å². The Morgan fingerprint density at radius 1 is 1.41 bits per heavy atom.